The second-order valence-corrected chi connectivity index (χ2v) is 6.89. The summed E-state index contributed by atoms with van der Waals surface area (Å²) in [6.07, 6.45) is 5.38. The summed E-state index contributed by atoms with van der Waals surface area (Å²) in [6.45, 7) is 9.06. The van der Waals surface area contributed by atoms with Crippen molar-refractivity contribution in [1.29, 1.82) is 0 Å². The Labute approximate surface area is 128 Å². The average molecular weight is 291 g/mol. The molecule has 2 aliphatic rings. The number of nitrogen functional groups attached to an aromatic ring is 1. The van der Waals surface area contributed by atoms with E-state index in [0.717, 1.165) is 30.3 Å². The molecule has 1 aromatic heterocycles. The molecule has 1 aromatic rings. The molecular formula is C16H29N5. The molecule has 2 aliphatic heterocycles. The van der Waals surface area contributed by atoms with Crippen molar-refractivity contribution in [2.75, 3.05) is 36.8 Å². The first kappa shape index (κ1) is 14.7. The fraction of sp³-hybridized carbons (Fsp3) is 0.812. The summed E-state index contributed by atoms with van der Waals surface area (Å²) >= 11 is 0. The van der Waals surface area contributed by atoms with Gasteiger partial charge in [-0.3, -0.25) is 9.58 Å². The van der Waals surface area contributed by atoms with Crippen LogP contribution < -0.4 is 10.6 Å². The lowest BCUT2D eigenvalue weighted by Crippen LogP contribution is -2.41. The summed E-state index contributed by atoms with van der Waals surface area (Å²) in [5.74, 6) is 1.50. The third-order valence-corrected chi connectivity index (χ3v) is 5.00. The van der Waals surface area contributed by atoms with Crippen LogP contribution in [-0.2, 0) is 7.05 Å². The van der Waals surface area contributed by atoms with Gasteiger partial charge in [0.05, 0.1) is 11.4 Å². The summed E-state index contributed by atoms with van der Waals surface area (Å²) in [7, 11) is 2.02. The minimum Gasteiger partial charge on any atom is -0.394 e. The maximum atomic E-state index is 6.37. The highest BCUT2D eigenvalue weighted by Gasteiger charge is 2.31. The van der Waals surface area contributed by atoms with Gasteiger partial charge in [0.15, 0.2) is 0 Å². The molecule has 2 fully saturated rings. The standard InChI is InChI=1S/C16H29N5/c1-12(2)15-14(17)16(19(3)18-15)21-10-7-13(11-21)20-8-5-4-6-9-20/h12-13H,4-11,17H2,1-3H3. The summed E-state index contributed by atoms with van der Waals surface area (Å²) in [5, 5.41) is 4.63. The lowest BCUT2D eigenvalue weighted by molar-refractivity contribution is 0.174. The van der Waals surface area contributed by atoms with E-state index in [1.54, 1.807) is 0 Å². The van der Waals surface area contributed by atoms with Crippen molar-refractivity contribution in [1.82, 2.24) is 14.7 Å². The number of aryl methyl sites for hydroxylation is 1. The highest BCUT2D eigenvalue weighted by Crippen LogP contribution is 2.33. The summed E-state index contributed by atoms with van der Waals surface area (Å²) in [6, 6.07) is 0.696. The summed E-state index contributed by atoms with van der Waals surface area (Å²) in [5.41, 5.74) is 8.29. The predicted octanol–water partition coefficient (Wildman–Crippen LogP) is 2.19. The number of hydrogen-bond acceptors (Lipinski definition) is 4. The van der Waals surface area contributed by atoms with Gasteiger partial charge >= 0.3 is 0 Å². The zero-order valence-corrected chi connectivity index (χ0v) is 13.7. The fourth-order valence-electron chi connectivity index (χ4n) is 3.87. The Morgan fingerprint density at radius 1 is 1.14 bits per heavy atom. The Hall–Kier alpha value is -1.23. The monoisotopic (exact) mass is 291 g/mol. The molecule has 1 atom stereocenters. The Balaban J connectivity index is 1.74. The molecule has 0 amide bonds. The van der Waals surface area contributed by atoms with E-state index in [1.807, 2.05) is 11.7 Å². The Bertz CT molecular complexity index is 487. The third-order valence-electron chi connectivity index (χ3n) is 5.00. The van der Waals surface area contributed by atoms with Crippen LogP contribution in [-0.4, -0.2) is 46.9 Å². The molecule has 5 heteroatoms. The van der Waals surface area contributed by atoms with Crippen LogP contribution in [0.2, 0.25) is 0 Å². The van der Waals surface area contributed by atoms with Gasteiger partial charge < -0.3 is 10.6 Å². The van der Waals surface area contributed by atoms with Crippen molar-refractivity contribution in [3.8, 4) is 0 Å². The number of nitrogens with two attached hydrogens (primary N) is 1. The smallest absolute Gasteiger partial charge is 0.150 e. The molecule has 2 N–H and O–H groups in total. The predicted molar refractivity (Wildman–Crippen MR) is 87.8 cm³/mol. The van der Waals surface area contributed by atoms with Crippen molar-refractivity contribution < 1.29 is 0 Å². The van der Waals surface area contributed by atoms with Gasteiger partial charge in [-0.15, -0.1) is 0 Å². The van der Waals surface area contributed by atoms with E-state index in [9.17, 15) is 0 Å². The van der Waals surface area contributed by atoms with Crippen molar-refractivity contribution >= 4 is 11.5 Å². The lowest BCUT2D eigenvalue weighted by Gasteiger charge is -2.32. The van der Waals surface area contributed by atoms with Crippen LogP contribution in [0, 0.1) is 0 Å². The molecule has 0 bridgehead atoms. The molecule has 0 radical (unpaired) electrons. The molecule has 1 unspecified atom stereocenters. The van der Waals surface area contributed by atoms with Crippen LogP contribution >= 0.6 is 0 Å². The quantitative estimate of drug-likeness (QED) is 0.927. The van der Waals surface area contributed by atoms with Crippen molar-refractivity contribution in [3.05, 3.63) is 5.69 Å². The highest BCUT2D eigenvalue weighted by molar-refractivity contribution is 5.67. The van der Waals surface area contributed by atoms with Gasteiger partial charge in [0.1, 0.15) is 5.82 Å². The molecule has 0 aromatic carbocycles. The molecule has 21 heavy (non-hydrogen) atoms. The van der Waals surface area contributed by atoms with Crippen LogP contribution in [0.1, 0.15) is 51.1 Å². The van der Waals surface area contributed by atoms with E-state index in [0.29, 0.717) is 12.0 Å². The average Bonchev–Trinajstić information content (AvgIpc) is 3.05. The zero-order valence-electron chi connectivity index (χ0n) is 13.7. The van der Waals surface area contributed by atoms with E-state index < -0.39 is 0 Å². The van der Waals surface area contributed by atoms with E-state index in [2.05, 4.69) is 28.7 Å². The van der Waals surface area contributed by atoms with Crippen LogP contribution in [0.5, 0.6) is 0 Å². The summed E-state index contributed by atoms with van der Waals surface area (Å²) < 4.78 is 1.98. The van der Waals surface area contributed by atoms with Gasteiger partial charge in [0.2, 0.25) is 0 Å². The Morgan fingerprint density at radius 3 is 2.48 bits per heavy atom. The van der Waals surface area contributed by atoms with Gasteiger partial charge in [-0.05, 0) is 38.3 Å². The Morgan fingerprint density at radius 2 is 1.86 bits per heavy atom. The second kappa shape index (κ2) is 5.87. The molecule has 118 valence electrons. The second-order valence-electron chi connectivity index (χ2n) is 6.89. The van der Waals surface area contributed by atoms with Gasteiger partial charge in [0, 0.05) is 26.2 Å². The first-order valence-electron chi connectivity index (χ1n) is 8.39. The SMILES string of the molecule is CC(C)c1nn(C)c(N2CCC(N3CCCCC3)C2)c1N. The number of hydrogen-bond donors (Lipinski definition) is 1. The molecule has 0 saturated carbocycles. The molecule has 2 saturated heterocycles. The maximum Gasteiger partial charge on any atom is 0.150 e. The lowest BCUT2D eigenvalue weighted by atomic mass is 10.1. The molecule has 3 heterocycles. The zero-order chi connectivity index (χ0) is 15.0. The summed E-state index contributed by atoms with van der Waals surface area (Å²) in [4.78, 5) is 5.12. The maximum absolute atomic E-state index is 6.37. The van der Waals surface area contributed by atoms with Crippen LogP contribution in [0.15, 0.2) is 0 Å². The number of piperidine rings is 1. The number of likely N-dealkylation sites (tertiary alicyclic amines) is 1. The minimum absolute atomic E-state index is 0.380. The van der Waals surface area contributed by atoms with Gasteiger partial charge in [-0.25, -0.2) is 0 Å². The van der Waals surface area contributed by atoms with Crippen molar-refractivity contribution in [2.45, 2.75) is 51.5 Å². The van der Waals surface area contributed by atoms with E-state index in [1.165, 1.54) is 38.8 Å². The molecular weight excluding hydrogens is 262 g/mol. The molecule has 0 spiro atoms. The van der Waals surface area contributed by atoms with Crippen molar-refractivity contribution in [3.63, 3.8) is 0 Å². The molecule has 3 rings (SSSR count). The first-order chi connectivity index (χ1) is 10.1. The van der Waals surface area contributed by atoms with Crippen LogP contribution in [0.3, 0.4) is 0 Å². The third kappa shape index (κ3) is 2.76. The normalized spacial score (nSPS) is 24.2. The Kier molecular flexibility index (Phi) is 4.11. The van der Waals surface area contributed by atoms with Gasteiger partial charge in [-0.2, -0.15) is 5.10 Å². The van der Waals surface area contributed by atoms with Gasteiger partial charge in [0.25, 0.3) is 0 Å². The molecule has 0 aliphatic carbocycles. The van der Waals surface area contributed by atoms with Crippen LogP contribution in [0.4, 0.5) is 11.5 Å². The molecule has 5 nitrogen and oxygen atoms in total. The van der Waals surface area contributed by atoms with E-state index in [4.69, 9.17) is 5.73 Å². The number of nitrogens with zero attached hydrogens (tertiary/aromatic N) is 4. The number of anilines is 2. The minimum atomic E-state index is 0.380. The number of rotatable bonds is 3. The topological polar surface area (TPSA) is 50.3 Å². The van der Waals surface area contributed by atoms with Crippen molar-refractivity contribution in [2.24, 2.45) is 7.05 Å². The van der Waals surface area contributed by atoms with Gasteiger partial charge in [-0.1, -0.05) is 20.3 Å². The first-order valence-corrected chi connectivity index (χ1v) is 8.39. The fourth-order valence-corrected chi connectivity index (χ4v) is 3.87. The highest BCUT2D eigenvalue weighted by atomic mass is 15.4. The number of aromatic nitrogens is 2. The van der Waals surface area contributed by atoms with Crippen LogP contribution in [0.25, 0.3) is 0 Å². The van der Waals surface area contributed by atoms with E-state index >= 15 is 0 Å². The van der Waals surface area contributed by atoms with E-state index in [-0.39, 0.29) is 0 Å². The largest absolute Gasteiger partial charge is 0.394 e.